The van der Waals surface area contributed by atoms with Crippen molar-refractivity contribution in [2.24, 2.45) is 0 Å². The van der Waals surface area contributed by atoms with Crippen LogP contribution in [-0.4, -0.2) is 56.8 Å². The monoisotopic (exact) mass is 466 g/mol. The molecule has 1 saturated heterocycles. The number of nitrogen functional groups attached to an aromatic ring is 1. The highest BCUT2D eigenvalue weighted by Gasteiger charge is 2.30. The molecule has 1 aliphatic rings. The van der Waals surface area contributed by atoms with E-state index in [1.54, 1.807) is 7.11 Å². The van der Waals surface area contributed by atoms with E-state index in [0.717, 1.165) is 72.5 Å². The summed E-state index contributed by atoms with van der Waals surface area (Å²) in [5.41, 5.74) is 9.72. The zero-order valence-electron chi connectivity index (χ0n) is 20.0. The van der Waals surface area contributed by atoms with Gasteiger partial charge in [0.05, 0.1) is 19.2 Å². The van der Waals surface area contributed by atoms with Crippen molar-refractivity contribution in [2.45, 2.75) is 58.2 Å². The van der Waals surface area contributed by atoms with Crippen LogP contribution in [0.3, 0.4) is 0 Å². The van der Waals surface area contributed by atoms with Crippen LogP contribution >= 0.6 is 0 Å². The Morgan fingerprint density at radius 2 is 2.12 bits per heavy atom. The van der Waals surface area contributed by atoms with E-state index in [2.05, 4.69) is 38.9 Å². The number of anilines is 2. The zero-order valence-corrected chi connectivity index (χ0v) is 20.0. The molecule has 9 heteroatoms. The summed E-state index contributed by atoms with van der Waals surface area (Å²) in [5, 5.41) is 12.9. The summed E-state index contributed by atoms with van der Waals surface area (Å²) in [6.45, 7) is 4.99. The van der Waals surface area contributed by atoms with Crippen molar-refractivity contribution in [3.05, 3.63) is 41.6 Å². The number of nitrogens with two attached hydrogens (primary N) is 1. The quantitative estimate of drug-likeness (QED) is 0.366. The minimum atomic E-state index is -0.748. The summed E-state index contributed by atoms with van der Waals surface area (Å²) in [7, 11) is 1.66. The van der Waals surface area contributed by atoms with Gasteiger partial charge in [0.15, 0.2) is 5.82 Å². The number of nitrogens with one attached hydrogen (secondary N) is 1. The lowest BCUT2D eigenvalue weighted by Crippen LogP contribution is -2.35. The second kappa shape index (κ2) is 10.7. The molecule has 1 fully saturated rings. The van der Waals surface area contributed by atoms with E-state index in [1.165, 1.54) is 0 Å². The number of nitrogens with zero attached hydrogens (tertiary/aromatic N) is 4. The first-order valence-corrected chi connectivity index (χ1v) is 12.0. The Kier molecular flexibility index (Phi) is 7.52. The van der Waals surface area contributed by atoms with Gasteiger partial charge in [-0.05, 0) is 43.5 Å². The normalized spacial score (nSPS) is 16.2. The number of aromatic nitrogens is 3. The number of hydrogen-bond donors (Lipinski definition) is 3. The van der Waals surface area contributed by atoms with Gasteiger partial charge in [-0.15, -0.1) is 0 Å². The molecular formula is C25H34N6O3. The van der Waals surface area contributed by atoms with Gasteiger partial charge in [0.1, 0.15) is 17.3 Å². The van der Waals surface area contributed by atoms with Crippen LogP contribution in [0, 0.1) is 0 Å². The topological polar surface area (TPSA) is 119 Å². The average Bonchev–Trinajstić information content (AvgIpc) is 3.44. The third-order valence-electron chi connectivity index (χ3n) is 6.43. The van der Waals surface area contributed by atoms with Gasteiger partial charge in [-0.3, -0.25) is 9.69 Å². The minimum Gasteiger partial charge on any atom is -0.496 e. The summed E-state index contributed by atoms with van der Waals surface area (Å²) in [6, 6.07) is 7.66. The Morgan fingerprint density at radius 3 is 2.88 bits per heavy atom. The highest BCUT2D eigenvalue weighted by Crippen LogP contribution is 2.28. The van der Waals surface area contributed by atoms with Crippen LogP contribution in [-0.2, 0) is 17.9 Å². The summed E-state index contributed by atoms with van der Waals surface area (Å²) < 4.78 is 7.82. The molecule has 0 saturated carbocycles. The van der Waals surface area contributed by atoms with Gasteiger partial charge in [0.2, 0.25) is 5.95 Å². The maximum atomic E-state index is 11.5. The van der Waals surface area contributed by atoms with Gasteiger partial charge in [-0.25, -0.2) is 4.98 Å². The molecule has 1 aliphatic heterocycles. The van der Waals surface area contributed by atoms with Crippen LogP contribution in [0.1, 0.15) is 50.2 Å². The lowest BCUT2D eigenvalue weighted by molar-refractivity contribution is -0.142. The van der Waals surface area contributed by atoms with Crippen LogP contribution in [0.25, 0.3) is 11.0 Å². The average molecular weight is 467 g/mol. The number of carbonyl (C=O) groups is 1. The van der Waals surface area contributed by atoms with Gasteiger partial charge in [-0.1, -0.05) is 31.9 Å². The number of benzene rings is 1. The Morgan fingerprint density at radius 1 is 1.26 bits per heavy atom. The molecule has 3 heterocycles. The number of rotatable bonds is 11. The van der Waals surface area contributed by atoms with Gasteiger partial charge >= 0.3 is 5.97 Å². The first kappa shape index (κ1) is 23.8. The summed E-state index contributed by atoms with van der Waals surface area (Å²) in [5.74, 6) is 1.03. The third kappa shape index (κ3) is 5.25. The molecule has 0 amide bonds. The molecule has 0 aliphatic carbocycles. The Bertz CT molecular complexity index is 1150. The molecule has 3 aromatic rings. The minimum absolute atomic E-state index is 0.256. The summed E-state index contributed by atoms with van der Waals surface area (Å²) in [6.07, 6.45) is 6.99. The molecule has 4 N–H and O–H groups in total. The first-order chi connectivity index (χ1) is 16.5. The molecule has 182 valence electrons. The van der Waals surface area contributed by atoms with Crippen molar-refractivity contribution in [3.63, 3.8) is 0 Å². The predicted molar refractivity (Wildman–Crippen MR) is 133 cm³/mol. The van der Waals surface area contributed by atoms with Gasteiger partial charge in [-0.2, -0.15) is 4.98 Å². The number of hydrogen-bond acceptors (Lipinski definition) is 7. The van der Waals surface area contributed by atoms with E-state index in [4.69, 9.17) is 10.5 Å². The first-order valence-electron chi connectivity index (χ1n) is 12.0. The van der Waals surface area contributed by atoms with Crippen LogP contribution in [0.2, 0.25) is 0 Å². The molecule has 0 radical (unpaired) electrons. The number of unbranched alkanes of at least 4 members (excludes halogenated alkanes) is 2. The highest BCUT2D eigenvalue weighted by molar-refractivity contribution is 5.87. The Balaban J connectivity index is 1.56. The van der Waals surface area contributed by atoms with E-state index >= 15 is 0 Å². The fraction of sp³-hybridized carbons (Fsp3) is 0.480. The number of likely N-dealkylation sites (tertiary alicyclic amines) is 1. The summed E-state index contributed by atoms with van der Waals surface area (Å²) >= 11 is 0. The second-order valence-electron chi connectivity index (χ2n) is 8.85. The molecule has 2 aromatic heterocycles. The standard InChI is InChI=1S/C25H34N6O3/c1-3-4-5-11-27-23-22-19(28-25(26)29-23)10-13-31(22)16-18-9-8-17(14-21(18)34-2)15-30-12-6-7-20(30)24(32)33/h8-10,13-14,20H,3-7,11-12,15-16H2,1-2H3,(H,32,33)(H3,26,27,28,29)/t20-/m0/s1. The van der Waals surface area contributed by atoms with E-state index in [-0.39, 0.29) is 5.95 Å². The molecule has 0 bridgehead atoms. The predicted octanol–water partition coefficient (Wildman–Crippen LogP) is 3.72. The lowest BCUT2D eigenvalue weighted by atomic mass is 10.1. The number of methoxy groups -OCH3 is 1. The van der Waals surface area contributed by atoms with Crippen molar-refractivity contribution in [2.75, 3.05) is 31.2 Å². The van der Waals surface area contributed by atoms with Gasteiger partial charge < -0.3 is 25.5 Å². The molecule has 0 unspecified atom stereocenters. The van der Waals surface area contributed by atoms with Crippen molar-refractivity contribution >= 4 is 28.8 Å². The number of carboxylic acid groups (broad SMARTS) is 1. The number of fused-ring (bicyclic) bond motifs is 1. The smallest absolute Gasteiger partial charge is 0.320 e. The SMILES string of the molecule is CCCCCNc1nc(N)nc2ccn(Cc3ccc(CN4CCC[C@H]4C(=O)O)cc3OC)c12. The summed E-state index contributed by atoms with van der Waals surface area (Å²) in [4.78, 5) is 22.4. The molecule has 1 atom stereocenters. The zero-order chi connectivity index (χ0) is 24.1. The molecule has 1 aromatic carbocycles. The van der Waals surface area contributed by atoms with Crippen LogP contribution in [0.15, 0.2) is 30.5 Å². The van der Waals surface area contributed by atoms with E-state index in [0.29, 0.717) is 19.5 Å². The maximum Gasteiger partial charge on any atom is 0.320 e. The third-order valence-corrected chi connectivity index (χ3v) is 6.43. The molecular weight excluding hydrogens is 432 g/mol. The van der Waals surface area contributed by atoms with Crippen molar-refractivity contribution in [1.29, 1.82) is 0 Å². The fourth-order valence-electron chi connectivity index (χ4n) is 4.69. The maximum absolute atomic E-state index is 11.5. The number of carboxylic acids is 1. The van der Waals surface area contributed by atoms with Crippen LogP contribution < -0.4 is 15.8 Å². The van der Waals surface area contributed by atoms with Crippen LogP contribution in [0.4, 0.5) is 11.8 Å². The van der Waals surface area contributed by atoms with Gasteiger partial charge in [0, 0.05) is 24.8 Å². The van der Waals surface area contributed by atoms with Crippen LogP contribution in [0.5, 0.6) is 5.75 Å². The van der Waals surface area contributed by atoms with E-state index < -0.39 is 12.0 Å². The second-order valence-corrected chi connectivity index (χ2v) is 8.85. The molecule has 0 spiro atoms. The molecule has 4 rings (SSSR count). The molecule has 9 nitrogen and oxygen atoms in total. The largest absolute Gasteiger partial charge is 0.496 e. The lowest BCUT2D eigenvalue weighted by Gasteiger charge is -2.21. The van der Waals surface area contributed by atoms with Crippen molar-refractivity contribution in [3.8, 4) is 5.75 Å². The fourth-order valence-corrected chi connectivity index (χ4v) is 4.69. The number of ether oxygens (including phenoxy) is 1. The van der Waals surface area contributed by atoms with Crippen molar-refractivity contribution in [1.82, 2.24) is 19.4 Å². The molecule has 34 heavy (non-hydrogen) atoms. The highest BCUT2D eigenvalue weighted by atomic mass is 16.5. The van der Waals surface area contributed by atoms with E-state index in [9.17, 15) is 9.90 Å². The number of aliphatic carboxylic acids is 1. The van der Waals surface area contributed by atoms with Gasteiger partial charge in [0.25, 0.3) is 0 Å². The Labute approximate surface area is 199 Å². The van der Waals surface area contributed by atoms with Crippen molar-refractivity contribution < 1.29 is 14.6 Å². The Hall–Kier alpha value is -3.33. The van der Waals surface area contributed by atoms with E-state index in [1.807, 2.05) is 23.2 Å².